The largest absolute Gasteiger partial charge is 0.460 e. The van der Waals surface area contributed by atoms with Crippen LogP contribution in [0.1, 0.15) is 132 Å². The van der Waals surface area contributed by atoms with Crippen LogP contribution >= 0.6 is 0 Å². The van der Waals surface area contributed by atoms with Gasteiger partial charge in [-0.25, -0.2) is 4.79 Å². The second kappa shape index (κ2) is 25.2. The number of fused-ring (bicyclic) bond motifs is 3. The monoisotopic (exact) mass is 912 g/mol. The number of allylic oxidation sites excluding steroid dienone is 6. The summed E-state index contributed by atoms with van der Waals surface area (Å²) in [6.07, 6.45) is 13.6. The third-order valence-corrected chi connectivity index (χ3v) is 14.8. The highest BCUT2D eigenvalue weighted by Crippen LogP contribution is 2.38. The molecule has 0 aromatic heterocycles. The van der Waals surface area contributed by atoms with E-state index >= 15 is 0 Å². The number of Topliss-reactive ketones (excluding diaryl/α,β-unsaturated/α-hetero) is 3. The Kier molecular flexibility index (Phi) is 21.0. The summed E-state index contributed by atoms with van der Waals surface area (Å²) in [6, 6.07) is -1.11. The first-order valence-electron chi connectivity index (χ1n) is 24.2. The molecule has 2 bridgehead atoms. The number of aliphatic hydroxyl groups excluding tert-OH is 1. The van der Waals surface area contributed by atoms with E-state index in [4.69, 9.17) is 23.7 Å². The van der Waals surface area contributed by atoms with Crippen LogP contribution in [0.2, 0.25) is 0 Å². The van der Waals surface area contributed by atoms with E-state index < -0.39 is 77.8 Å². The van der Waals surface area contributed by atoms with Crippen molar-refractivity contribution >= 4 is 29.2 Å². The van der Waals surface area contributed by atoms with Crippen molar-refractivity contribution in [2.75, 3.05) is 27.9 Å². The standard InChI is InChI=1S/C52H81NO12/c1-31-17-13-12-14-18-32(2)44(62-10)29-40-23-21-38(8)52(60,65-40)49(57)50(58)53-24-16-15-19-41(53)51(59)64-45(35(5)27-39-22-20-33(3)43(28-39)61-9)30-42(54)34(4)26-37(7)47(56)48(63-11)46(55)36(6)25-31/h12-14,17-18,26,31,33-36,38-41,43-45,47-48,56,60H,15-16,19-25,27-30H2,1-11H3/b14-12?,17-13+,32-18?,37-26+/t31-,33+,34-,35-,36-,38-,39+,40+,41+,43-,44?,45+,47-,48+,52-/m1/s1. The molecule has 13 heteroatoms. The molecule has 1 saturated carbocycles. The lowest BCUT2D eigenvalue weighted by atomic mass is 9.76. The third kappa shape index (κ3) is 14.3. The number of nitrogens with zero attached hydrogens (tertiary/aromatic N) is 1. The molecule has 1 aliphatic carbocycles. The van der Waals surface area contributed by atoms with E-state index in [1.165, 1.54) is 12.0 Å². The van der Waals surface area contributed by atoms with Gasteiger partial charge in [0.25, 0.3) is 11.7 Å². The Morgan fingerprint density at radius 1 is 0.846 bits per heavy atom. The van der Waals surface area contributed by atoms with Gasteiger partial charge in [-0.1, -0.05) is 78.0 Å². The fourth-order valence-electron chi connectivity index (χ4n) is 10.4. The van der Waals surface area contributed by atoms with Crippen LogP contribution in [-0.4, -0.2) is 121 Å². The average molecular weight is 912 g/mol. The first-order valence-corrected chi connectivity index (χ1v) is 24.2. The molecule has 3 fully saturated rings. The number of piperidine rings is 1. The van der Waals surface area contributed by atoms with Crippen molar-refractivity contribution in [2.24, 2.45) is 41.4 Å². The van der Waals surface area contributed by atoms with Crippen LogP contribution in [0, 0.1) is 41.4 Å². The van der Waals surface area contributed by atoms with Gasteiger partial charge in [-0.05, 0) is 113 Å². The van der Waals surface area contributed by atoms with Crippen LogP contribution in [0.5, 0.6) is 0 Å². The Bertz CT molecular complexity index is 1750. The molecule has 2 saturated heterocycles. The van der Waals surface area contributed by atoms with Crippen molar-refractivity contribution in [3.8, 4) is 0 Å². The Balaban J connectivity index is 1.70. The summed E-state index contributed by atoms with van der Waals surface area (Å²) < 4.78 is 29.7. The zero-order chi connectivity index (χ0) is 48.2. The Hall–Kier alpha value is -3.33. The van der Waals surface area contributed by atoms with E-state index in [0.717, 1.165) is 24.8 Å². The summed E-state index contributed by atoms with van der Waals surface area (Å²) in [5.74, 6) is -7.07. The van der Waals surface area contributed by atoms with Gasteiger partial charge in [0.05, 0.1) is 18.3 Å². The van der Waals surface area contributed by atoms with Crippen molar-refractivity contribution in [1.29, 1.82) is 0 Å². The van der Waals surface area contributed by atoms with Crippen LogP contribution in [0.3, 0.4) is 0 Å². The van der Waals surface area contributed by atoms with E-state index in [1.54, 1.807) is 41.1 Å². The molecule has 4 aliphatic rings. The van der Waals surface area contributed by atoms with E-state index in [-0.39, 0.29) is 54.8 Å². The highest BCUT2D eigenvalue weighted by molar-refractivity contribution is 6.39. The molecule has 15 atom stereocenters. The number of hydrogen-bond donors (Lipinski definition) is 2. The molecule has 366 valence electrons. The van der Waals surface area contributed by atoms with Gasteiger partial charge in [0.1, 0.15) is 30.1 Å². The molecule has 4 rings (SSSR count). The predicted molar refractivity (Wildman–Crippen MR) is 248 cm³/mol. The zero-order valence-corrected chi connectivity index (χ0v) is 41.2. The molecule has 2 N–H and O–H groups in total. The minimum absolute atomic E-state index is 0.0304. The molecular formula is C52H81NO12. The highest BCUT2D eigenvalue weighted by atomic mass is 16.6. The fraction of sp³-hybridized carbons (Fsp3) is 0.750. The van der Waals surface area contributed by atoms with Crippen molar-refractivity contribution < 1.29 is 57.9 Å². The molecule has 1 unspecified atom stereocenters. The number of amides is 1. The number of esters is 1. The van der Waals surface area contributed by atoms with Gasteiger partial charge in [0.2, 0.25) is 5.79 Å². The molecule has 0 radical (unpaired) electrons. The summed E-state index contributed by atoms with van der Waals surface area (Å²) in [5.41, 5.74) is 1.30. The number of aliphatic hydroxyl groups is 2. The Morgan fingerprint density at radius 3 is 2.25 bits per heavy atom. The minimum atomic E-state index is -2.41. The lowest BCUT2D eigenvalue weighted by Crippen LogP contribution is -2.61. The van der Waals surface area contributed by atoms with E-state index in [0.29, 0.717) is 56.4 Å². The van der Waals surface area contributed by atoms with Gasteiger partial charge in [0.15, 0.2) is 5.78 Å². The predicted octanol–water partition coefficient (Wildman–Crippen LogP) is 7.46. The van der Waals surface area contributed by atoms with Crippen LogP contribution in [0.4, 0.5) is 0 Å². The normalized spacial score (nSPS) is 39.1. The molecule has 13 nitrogen and oxygen atoms in total. The van der Waals surface area contributed by atoms with Crippen molar-refractivity contribution in [2.45, 2.75) is 181 Å². The summed E-state index contributed by atoms with van der Waals surface area (Å²) in [7, 11) is 4.70. The number of hydrogen-bond acceptors (Lipinski definition) is 12. The molecule has 0 spiro atoms. The Labute approximate surface area is 388 Å². The second-order valence-electron chi connectivity index (χ2n) is 20.0. The van der Waals surface area contributed by atoms with Gasteiger partial charge in [0, 0.05) is 58.5 Å². The fourth-order valence-corrected chi connectivity index (χ4v) is 10.4. The number of ether oxygens (including phenoxy) is 5. The minimum Gasteiger partial charge on any atom is -0.460 e. The molecule has 0 aromatic carbocycles. The number of carbonyl (C=O) groups excluding carboxylic acids is 5. The maximum atomic E-state index is 14.4. The lowest BCUT2D eigenvalue weighted by Gasteiger charge is -2.42. The quantitative estimate of drug-likeness (QED) is 0.153. The topological polar surface area (TPSA) is 175 Å². The van der Waals surface area contributed by atoms with E-state index in [1.807, 2.05) is 58.1 Å². The van der Waals surface area contributed by atoms with Gasteiger partial charge < -0.3 is 38.8 Å². The average Bonchev–Trinajstić information content (AvgIpc) is 3.28. The number of ketones is 3. The van der Waals surface area contributed by atoms with E-state index in [9.17, 15) is 34.2 Å². The third-order valence-electron chi connectivity index (χ3n) is 14.8. The van der Waals surface area contributed by atoms with Crippen molar-refractivity contribution in [1.82, 2.24) is 4.90 Å². The number of rotatable bonds is 6. The van der Waals surface area contributed by atoms with Gasteiger partial charge in [-0.2, -0.15) is 0 Å². The summed E-state index contributed by atoms with van der Waals surface area (Å²) in [5, 5.41) is 23.4. The first kappa shape index (κ1) is 54.3. The number of cyclic esters (lactones) is 1. The number of methoxy groups -OCH3 is 3. The summed E-state index contributed by atoms with van der Waals surface area (Å²) in [6.45, 7) is 15.1. The maximum absolute atomic E-state index is 14.4. The van der Waals surface area contributed by atoms with Crippen LogP contribution in [0.15, 0.2) is 47.6 Å². The zero-order valence-electron chi connectivity index (χ0n) is 41.2. The summed E-state index contributed by atoms with van der Waals surface area (Å²) in [4.78, 5) is 71.9. The lowest BCUT2D eigenvalue weighted by molar-refractivity contribution is -0.265. The molecule has 1 amide bonds. The SMILES string of the molecule is COC1C[C@@H]2CC[C@@H](C)[C@@](O)(O2)C(=O)C(=O)N2CCCC[C@H]2C(=O)O[C@H]([C@H](C)C[C@@H]2CC[C@H](C)[C@H](OC)C2)CC(=O)[C@H](C)/C=C(\C)[C@@H](O)[C@@H](OC)C(=O)[C@H](C)C[C@H](C)/C=C/C=CC=C1C. The van der Waals surface area contributed by atoms with Crippen molar-refractivity contribution in [3.63, 3.8) is 0 Å². The Morgan fingerprint density at radius 2 is 1.57 bits per heavy atom. The number of carbonyl (C=O) groups is 5. The second-order valence-corrected chi connectivity index (χ2v) is 20.0. The van der Waals surface area contributed by atoms with Crippen molar-refractivity contribution in [3.05, 3.63) is 47.6 Å². The maximum Gasteiger partial charge on any atom is 0.329 e. The first-order chi connectivity index (χ1) is 30.7. The van der Waals surface area contributed by atoms with Gasteiger partial charge in [-0.3, -0.25) is 19.2 Å². The van der Waals surface area contributed by atoms with Crippen LogP contribution in [-0.2, 0) is 47.7 Å². The van der Waals surface area contributed by atoms with Gasteiger partial charge in [-0.15, -0.1) is 0 Å². The smallest absolute Gasteiger partial charge is 0.329 e. The molecule has 65 heavy (non-hydrogen) atoms. The molecule has 3 heterocycles. The van der Waals surface area contributed by atoms with Crippen LogP contribution < -0.4 is 0 Å². The molecular weight excluding hydrogens is 831 g/mol. The highest BCUT2D eigenvalue weighted by Gasteiger charge is 2.53. The molecule has 0 aromatic rings. The van der Waals surface area contributed by atoms with Gasteiger partial charge >= 0.3 is 5.97 Å². The summed E-state index contributed by atoms with van der Waals surface area (Å²) >= 11 is 0. The van der Waals surface area contributed by atoms with E-state index in [2.05, 4.69) is 6.92 Å². The molecule has 3 aliphatic heterocycles. The van der Waals surface area contributed by atoms with Crippen LogP contribution in [0.25, 0.3) is 0 Å².